The summed E-state index contributed by atoms with van der Waals surface area (Å²) >= 11 is 0. The quantitative estimate of drug-likeness (QED) is 0.408. The van der Waals surface area contributed by atoms with E-state index in [0.717, 1.165) is 63.1 Å². The second kappa shape index (κ2) is 10.9. The Balaban J connectivity index is 1.22. The van der Waals surface area contributed by atoms with Crippen molar-refractivity contribution in [3.8, 4) is 5.75 Å². The lowest BCUT2D eigenvalue weighted by Gasteiger charge is -2.52. The van der Waals surface area contributed by atoms with Crippen LogP contribution < -0.4 is 4.74 Å². The fraction of sp³-hybridized carbons (Fsp3) is 0.806. The normalized spacial score (nSPS) is 40.2. The van der Waals surface area contributed by atoms with Gasteiger partial charge in [0, 0.05) is 26.7 Å². The summed E-state index contributed by atoms with van der Waals surface area (Å²) in [6.07, 6.45) is 14.4. The highest BCUT2D eigenvalue weighted by molar-refractivity contribution is 5.43. The van der Waals surface area contributed by atoms with Crippen molar-refractivity contribution in [2.45, 2.75) is 114 Å². The van der Waals surface area contributed by atoms with Crippen LogP contribution in [0.5, 0.6) is 5.75 Å². The Hall–Kier alpha value is -1.14. The van der Waals surface area contributed by atoms with E-state index in [9.17, 15) is 0 Å². The molecule has 0 radical (unpaired) electrons. The van der Waals surface area contributed by atoms with Gasteiger partial charge in [0.1, 0.15) is 5.75 Å². The Labute approximate surface area is 217 Å². The Bertz CT molecular complexity index is 876. The van der Waals surface area contributed by atoms with E-state index in [1.165, 1.54) is 56.9 Å². The van der Waals surface area contributed by atoms with Crippen molar-refractivity contribution in [1.29, 1.82) is 0 Å². The van der Waals surface area contributed by atoms with E-state index in [0.29, 0.717) is 17.9 Å². The predicted octanol–water partition coefficient (Wildman–Crippen LogP) is 6.94. The molecule has 0 N–H and O–H groups in total. The number of methoxy groups -OCH3 is 1. The van der Waals surface area contributed by atoms with Crippen LogP contribution in [0.4, 0.5) is 0 Å². The molecule has 5 aliphatic rings. The molecule has 1 aromatic rings. The van der Waals surface area contributed by atoms with Crippen molar-refractivity contribution in [2.24, 2.45) is 17.3 Å². The topological polar surface area (TPSA) is 46.2 Å². The summed E-state index contributed by atoms with van der Waals surface area (Å²) in [7, 11) is 1.83. The highest BCUT2D eigenvalue weighted by Gasteiger charge is 2.56. The first-order chi connectivity index (χ1) is 17.7. The van der Waals surface area contributed by atoms with E-state index in [1.54, 1.807) is 5.56 Å². The minimum atomic E-state index is -0.0930. The summed E-state index contributed by atoms with van der Waals surface area (Å²) in [6, 6.07) is 6.95. The lowest BCUT2D eigenvalue weighted by Crippen LogP contribution is -2.46. The average Bonchev–Trinajstić information content (AvgIpc) is 3.24. The Morgan fingerprint density at radius 2 is 1.72 bits per heavy atom. The maximum atomic E-state index is 6.68. The number of hydrogen-bond donors (Lipinski definition) is 0. The summed E-state index contributed by atoms with van der Waals surface area (Å²) in [5, 5.41) is 0. The van der Waals surface area contributed by atoms with Gasteiger partial charge in [-0.05, 0) is 123 Å². The molecule has 4 fully saturated rings. The molecule has 0 aromatic heterocycles. The zero-order valence-electron chi connectivity index (χ0n) is 22.4. The molecule has 2 aliphatic heterocycles. The van der Waals surface area contributed by atoms with E-state index in [2.05, 4.69) is 25.1 Å². The van der Waals surface area contributed by atoms with E-state index in [4.69, 9.17) is 23.7 Å². The summed E-state index contributed by atoms with van der Waals surface area (Å²) in [6.45, 7) is 5.02. The van der Waals surface area contributed by atoms with Crippen molar-refractivity contribution in [3.05, 3.63) is 29.3 Å². The Morgan fingerprint density at radius 3 is 2.47 bits per heavy atom. The van der Waals surface area contributed by atoms with Crippen LogP contribution >= 0.6 is 0 Å². The molecule has 0 amide bonds. The fourth-order valence-corrected chi connectivity index (χ4v) is 8.44. The van der Waals surface area contributed by atoms with Gasteiger partial charge in [-0.1, -0.05) is 13.0 Å². The molecule has 5 nitrogen and oxygen atoms in total. The first-order valence-electron chi connectivity index (χ1n) is 14.8. The predicted molar refractivity (Wildman–Crippen MR) is 139 cm³/mol. The van der Waals surface area contributed by atoms with E-state index in [1.807, 2.05) is 7.11 Å². The van der Waals surface area contributed by atoms with Crippen LogP contribution in [0.1, 0.15) is 107 Å². The van der Waals surface area contributed by atoms with E-state index in [-0.39, 0.29) is 18.0 Å². The summed E-state index contributed by atoms with van der Waals surface area (Å²) in [5.41, 5.74) is 3.35. The second-order valence-electron chi connectivity index (χ2n) is 12.3. The molecule has 3 aliphatic carbocycles. The van der Waals surface area contributed by atoms with Gasteiger partial charge >= 0.3 is 0 Å². The lowest BCUT2D eigenvalue weighted by molar-refractivity contribution is -0.213. The smallest absolute Gasteiger partial charge is 0.199 e. The van der Waals surface area contributed by atoms with Crippen LogP contribution in [0.3, 0.4) is 0 Å². The third-order valence-electron chi connectivity index (χ3n) is 10.3. The molecular formula is C31H46O5. The molecule has 1 aromatic carbocycles. The number of benzene rings is 1. The van der Waals surface area contributed by atoms with Crippen LogP contribution in [0.15, 0.2) is 18.2 Å². The molecular weight excluding hydrogens is 452 g/mol. The molecule has 36 heavy (non-hydrogen) atoms. The monoisotopic (exact) mass is 498 g/mol. The summed E-state index contributed by atoms with van der Waals surface area (Å²) < 4.78 is 30.4. The number of ether oxygens (including phenoxy) is 5. The van der Waals surface area contributed by atoms with Crippen LogP contribution in [0.2, 0.25) is 0 Å². The number of hydrogen-bond acceptors (Lipinski definition) is 5. The van der Waals surface area contributed by atoms with Gasteiger partial charge in [0.25, 0.3) is 0 Å². The van der Waals surface area contributed by atoms with Crippen LogP contribution in [0, 0.1) is 17.3 Å². The van der Waals surface area contributed by atoms with Gasteiger partial charge in [-0.15, -0.1) is 0 Å². The standard InChI is InChI=1S/C31H46O5/c1-31-15-13-24-23-10-9-22(35-29-7-3-5-16-33-29)20-25(23)21(14-18-32-2)19-26(24)27(31)11-12-28(31)36-30-8-4-6-17-34-30/h9-10,20-21,24,26-30H,3-8,11-19H2,1-2H3/t21-,24?,26?,27?,28?,29?,30?,31+/m1/s1. The SMILES string of the molecule is COCC[C@@H]1CC2C(CC[C@]3(C)C(OC4CCCCO4)CCC23)c2ccc(OC3CCCCO3)cc21. The fourth-order valence-electron chi connectivity index (χ4n) is 8.44. The number of fused-ring (bicyclic) bond motifs is 5. The zero-order chi connectivity index (χ0) is 24.5. The summed E-state index contributed by atoms with van der Waals surface area (Å²) in [4.78, 5) is 0. The molecule has 2 saturated carbocycles. The average molecular weight is 499 g/mol. The largest absolute Gasteiger partial charge is 0.465 e. The second-order valence-corrected chi connectivity index (χ2v) is 12.3. The molecule has 5 heteroatoms. The maximum Gasteiger partial charge on any atom is 0.199 e. The molecule has 0 bridgehead atoms. The minimum Gasteiger partial charge on any atom is -0.465 e. The molecule has 2 saturated heterocycles. The third-order valence-corrected chi connectivity index (χ3v) is 10.3. The van der Waals surface area contributed by atoms with Crippen molar-refractivity contribution in [1.82, 2.24) is 0 Å². The molecule has 6 rings (SSSR count). The van der Waals surface area contributed by atoms with Crippen LogP contribution in [0.25, 0.3) is 0 Å². The minimum absolute atomic E-state index is 0.0187. The number of rotatable bonds is 7. The van der Waals surface area contributed by atoms with Gasteiger partial charge < -0.3 is 23.7 Å². The maximum absolute atomic E-state index is 6.68. The summed E-state index contributed by atoms with van der Waals surface area (Å²) in [5.74, 6) is 3.62. The highest BCUT2D eigenvalue weighted by atomic mass is 16.7. The van der Waals surface area contributed by atoms with Gasteiger partial charge in [0.15, 0.2) is 12.6 Å². The third kappa shape index (κ3) is 4.86. The van der Waals surface area contributed by atoms with Crippen LogP contribution in [-0.2, 0) is 18.9 Å². The lowest BCUT2D eigenvalue weighted by atomic mass is 9.53. The Morgan fingerprint density at radius 1 is 0.917 bits per heavy atom. The van der Waals surface area contributed by atoms with Crippen molar-refractivity contribution in [3.63, 3.8) is 0 Å². The Kier molecular flexibility index (Phi) is 7.63. The molecule has 200 valence electrons. The van der Waals surface area contributed by atoms with Gasteiger partial charge in [-0.3, -0.25) is 0 Å². The van der Waals surface area contributed by atoms with Crippen LogP contribution in [-0.4, -0.2) is 45.6 Å². The van der Waals surface area contributed by atoms with Crippen molar-refractivity contribution < 1.29 is 23.7 Å². The zero-order valence-corrected chi connectivity index (χ0v) is 22.4. The molecule has 6 unspecified atom stereocenters. The van der Waals surface area contributed by atoms with E-state index >= 15 is 0 Å². The van der Waals surface area contributed by atoms with Crippen molar-refractivity contribution in [2.75, 3.05) is 26.9 Å². The first kappa shape index (κ1) is 25.2. The van der Waals surface area contributed by atoms with Gasteiger partial charge in [0.05, 0.1) is 12.7 Å². The van der Waals surface area contributed by atoms with Gasteiger partial charge in [-0.2, -0.15) is 0 Å². The highest BCUT2D eigenvalue weighted by Crippen LogP contribution is 2.63. The molecule has 8 atom stereocenters. The molecule has 2 heterocycles. The van der Waals surface area contributed by atoms with Gasteiger partial charge in [0.2, 0.25) is 0 Å². The van der Waals surface area contributed by atoms with Gasteiger partial charge in [-0.25, -0.2) is 0 Å². The van der Waals surface area contributed by atoms with E-state index < -0.39 is 0 Å². The first-order valence-corrected chi connectivity index (χ1v) is 14.8. The van der Waals surface area contributed by atoms with Crippen molar-refractivity contribution >= 4 is 0 Å². The molecule has 0 spiro atoms.